The van der Waals surface area contributed by atoms with Gasteiger partial charge in [-0.3, -0.25) is 13.8 Å². The van der Waals surface area contributed by atoms with E-state index in [-0.39, 0.29) is 29.4 Å². The molecule has 1 aliphatic rings. The summed E-state index contributed by atoms with van der Waals surface area (Å²) in [5, 5.41) is 3.52. The highest BCUT2D eigenvalue weighted by Crippen LogP contribution is 2.35. The van der Waals surface area contributed by atoms with Crippen LogP contribution in [0.1, 0.15) is 62.2 Å². The van der Waals surface area contributed by atoms with Crippen molar-refractivity contribution < 1.29 is 22.2 Å². The quantitative estimate of drug-likeness (QED) is 0.202. The van der Waals surface area contributed by atoms with E-state index in [4.69, 9.17) is 15.8 Å². The average Bonchev–Trinajstić information content (AvgIpc) is 3.16. The van der Waals surface area contributed by atoms with Gasteiger partial charge < -0.3 is 10.2 Å². The van der Waals surface area contributed by atoms with Gasteiger partial charge in [-0.05, 0) is 118 Å². The SMILES string of the molecule is Cc1ccc(S(=O)(=O)OCCC2CCCc3cc(Cl)ccc3N2C(=O)c2ccc(NC(=O)c3ccccc3C)cc2C)cc1. The predicted octanol–water partition coefficient (Wildman–Crippen LogP) is 7.66. The number of amides is 2. The molecule has 4 aromatic carbocycles. The molecule has 0 bridgehead atoms. The number of hydrogen-bond acceptors (Lipinski definition) is 5. The molecule has 7 nitrogen and oxygen atoms in total. The van der Waals surface area contributed by atoms with E-state index in [0.717, 1.165) is 35.2 Å². The highest BCUT2D eigenvalue weighted by Gasteiger charge is 2.31. The van der Waals surface area contributed by atoms with Crippen molar-refractivity contribution in [1.29, 1.82) is 0 Å². The second kappa shape index (κ2) is 13.3. The largest absolute Gasteiger partial charge is 0.322 e. The fourth-order valence-electron chi connectivity index (χ4n) is 5.60. The minimum absolute atomic E-state index is 0.0730. The van der Waals surface area contributed by atoms with Crippen LogP contribution in [0.4, 0.5) is 11.4 Å². The lowest BCUT2D eigenvalue weighted by Crippen LogP contribution is -2.41. The summed E-state index contributed by atoms with van der Waals surface area (Å²) in [5.74, 6) is -0.434. The van der Waals surface area contributed by atoms with E-state index in [2.05, 4.69) is 5.32 Å². The molecule has 0 radical (unpaired) electrons. The lowest BCUT2D eigenvalue weighted by Gasteiger charge is -2.32. The van der Waals surface area contributed by atoms with Crippen molar-refractivity contribution in [2.24, 2.45) is 0 Å². The Morgan fingerprint density at radius 3 is 2.39 bits per heavy atom. The molecule has 1 N–H and O–H groups in total. The van der Waals surface area contributed by atoms with Crippen molar-refractivity contribution >= 4 is 44.9 Å². The number of rotatable bonds is 8. The van der Waals surface area contributed by atoms with Gasteiger partial charge in [0.25, 0.3) is 21.9 Å². The predicted molar refractivity (Wildman–Crippen MR) is 174 cm³/mol. The molecule has 0 aliphatic carbocycles. The maximum Gasteiger partial charge on any atom is 0.296 e. The van der Waals surface area contributed by atoms with Crippen molar-refractivity contribution in [2.75, 3.05) is 16.8 Å². The van der Waals surface area contributed by atoms with Gasteiger partial charge in [0.15, 0.2) is 0 Å². The molecule has 9 heteroatoms. The number of carbonyl (C=O) groups excluding carboxylic acids is 2. The van der Waals surface area contributed by atoms with Crippen molar-refractivity contribution in [3.05, 3.63) is 123 Å². The minimum atomic E-state index is -3.94. The highest BCUT2D eigenvalue weighted by atomic mass is 35.5. The van der Waals surface area contributed by atoms with E-state index < -0.39 is 10.1 Å². The highest BCUT2D eigenvalue weighted by molar-refractivity contribution is 7.86. The second-order valence-electron chi connectivity index (χ2n) is 11.2. The molecule has 0 spiro atoms. The Bertz CT molecular complexity index is 1800. The summed E-state index contributed by atoms with van der Waals surface area (Å²) in [4.78, 5) is 29.0. The number of benzene rings is 4. The molecule has 5 rings (SSSR count). The summed E-state index contributed by atoms with van der Waals surface area (Å²) in [6.07, 6.45) is 2.52. The molecule has 0 fully saturated rings. The number of hydrogen-bond donors (Lipinski definition) is 1. The third-order valence-electron chi connectivity index (χ3n) is 7.97. The minimum Gasteiger partial charge on any atom is -0.322 e. The number of aryl methyl sites for hydroxylation is 4. The van der Waals surface area contributed by atoms with Crippen LogP contribution in [-0.2, 0) is 20.7 Å². The number of nitrogens with one attached hydrogen (secondary N) is 1. The van der Waals surface area contributed by atoms with Gasteiger partial charge in [-0.2, -0.15) is 8.42 Å². The van der Waals surface area contributed by atoms with Crippen molar-refractivity contribution in [1.82, 2.24) is 0 Å². The molecule has 1 atom stereocenters. The maximum absolute atomic E-state index is 14.3. The average molecular weight is 631 g/mol. The number of anilines is 2. The van der Waals surface area contributed by atoms with E-state index in [9.17, 15) is 18.0 Å². The van der Waals surface area contributed by atoms with Crippen LogP contribution >= 0.6 is 11.6 Å². The molecule has 0 saturated heterocycles. The van der Waals surface area contributed by atoms with Crippen molar-refractivity contribution in [3.63, 3.8) is 0 Å². The third-order valence-corrected chi connectivity index (χ3v) is 9.53. The zero-order valence-electron chi connectivity index (χ0n) is 25.0. The fourth-order valence-corrected chi connectivity index (χ4v) is 6.71. The van der Waals surface area contributed by atoms with Crippen LogP contribution in [0.3, 0.4) is 0 Å². The summed E-state index contributed by atoms with van der Waals surface area (Å²) in [7, 11) is -3.94. The summed E-state index contributed by atoms with van der Waals surface area (Å²) >= 11 is 6.33. The van der Waals surface area contributed by atoms with Gasteiger partial charge in [-0.15, -0.1) is 0 Å². The monoisotopic (exact) mass is 630 g/mol. The first-order valence-corrected chi connectivity index (χ1v) is 16.4. The molecule has 228 valence electrons. The Labute approximate surface area is 263 Å². The lowest BCUT2D eigenvalue weighted by atomic mass is 10.0. The molecular formula is C35H35ClN2O5S. The van der Waals surface area contributed by atoms with Gasteiger partial charge in [0.2, 0.25) is 0 Å². The fraction of sp³-hybridized carbons (Fsp3) is 0.257. The maximum atomic E-state index is 14.3. The van der Waals surface area contributed by atoms with Crippen LogP contribution in [0.15, 0.2) is 89.8 Å². The Morgan fingerprint density at radius 1 is 0.909 bits per heavy atom. The number of carbonyl (C=O) groups is 2. The molecule has 1 aliphatic heterocycles. The number of halogens is 1. The number of fused-ring (bicyclic) bond motifs is 1. The van der Waals surface area contributed by atoms with E-state index in [1.165, 1.54) is 12.1 Å². The van der Waals surface area contributed by atoms with E-state index >= 15 is 0 Å². The molecule has 1 heterocycles. The van der Waals surface area contributed by atoms with Gasteiger partial charge in [0.05, 0.1) is 11.5 Å². The first-order valence-electron chi connectivity index (χ1n) is 14.6. The van der Waals surface area contributed by atoms with Gasteiger partial charge >= 0.3 is 0 Å². The lowest BCUT2D eigenvalue weighted by molar-refractivity contribution is 0.0971. The molecule has 4 aromatic rings. The van der Waals surface area contributed by atoms with Gasteiger partial charge in [-0.1, -0.05) is 47.5 Å². The standard InChI is InChI=1S/C35H35ClN2O5S/c1-23-11-15-30(16-12-23)44(41,42)43-20-19-29-9-6-8-26-22-27(36)13-18-33(26)38(29)35(40)32-17-14-28(21-25(32)3)37-34(39)31-10-5-4-7-24(31)2/h4-5,7,10-18,21-22,29H,6,8-9,19-20H2,1-3H3,(H,37,39). The van der Waals surface area contributed by atoms with Gasteiger partial charge in [0.1, 0.15) is 0 Å². The zero-order chi connectivity index (χ0) is 31.4. The van der Waals surface area contributed by atoms with Crippen LogP contribution < -0.4 is 10.2 Å². The molecule has 1 unspecified atom stereocenters. The summed E-state index contributed by atoms with van der Waals surface area (Å²) in [6.45, 7) is 5.53. The molecule has 0 saturated carbocycles. The van der Waals surface area contributed by atoms with Crippen LogP contribution in [0.25, 0.3) is 0 Å². The molecular weight excluding hydrogens is 596 g/mol. The van der Waals surface area contributed by atoms with E-state index in [1.54, 1.807) is 47.4 Å². The first kappa shape index (κ1) is 31.4. The normalized spacial score (nSPS) is 14.9. The van der Waals surface area contributed by atoms with E-state index in [1.807, 2.05) is 51.1 Å². The van der Waals surface area contributed by atoms with E-state index in [0.29, 0.717) is 40.2 Å². The van der Waals surface area contributed by atoms with Crippen molar-refractivity contribution in [2.45, 2.75) is 57.4 Å². The summed E-state index contributed by atoms with van der Waals surface area (Å²) < 4.78 is 31.1. The number of nitrogens with zero attached hydrogens (tertiary/aromatic N) is 1. The topological polar surface area (TPSA) is 92.8 Å². The Balaban J connectivity index is 1.39. The van der Waals surface area contributed by atoms with Gasteiger partial charge in [-0.25, -0.2) is 0 Å². The Hall–Kier alpha value is -3.98. The van der Waals surface area contributed by atoms with Gasteiger partial charge in [0, 0.05) is 33.6 Å². The summed E-state index contributed by atoms with van der Waals surface area (Å²) in [5.41, 5.74) is 5.89. The van der Waals surface area contributed by atoms with Crippen molar-refractivity contribution in [3.8, 4) is 0 Å². The van der Waals surface area contributed by atoms with Crippen LogP contribution in [-0.4, -0.2) is 32.9 Å². The second-order valence-corrected chi connectivity index (χ2v) is 13.2. The first-order chi connectivity index (χ1) is 21.0. The molecule has 44 heavy (non-hydrogen) atoms. The Kier molecular flexibility index (Phi) is 9.53. The smallest absolute Gasteiger partial charge is 0.296 e. The third kappa shape index (κ3) is 7.04. The van der Waals surface area contributed by atoms with Crippen LogP contribution in [0.5, 0.6) is 0 Å². The zero-order valence-corrected chi connectivity index (χ0v) is 26.5. The molecule has 2 amide bonds. The van der Waals surface area contributed by atoms with Crippen LogP contribution in [0, 0.1) is 20.8 Å². The molecule has 0 aromatic heterocycles. The Morgan fingerprint density at radius 2 is 1.66 bits per heavy atom. The van der Waals surface area contributed by atoms with Crippen LogP contribution in [0.2, 0.25) is 5.02 Å². The summed E-state index contributed by atoms with van der Waals surface area (Å²) in [6, 6.07) is 24.3.